The lowest BCUT2D eigenvalue weighted by molar-refractivity contribution is 0.216. The Kier molecular flexibility index (Phi) is 2.17. The molecule has 2 rings (SSSR count). The Balaban J connectivity index is 1.91. The minimum absolute atomic E-state index is 0.885. The first-order valence-corrected chi connectivity index (χ1v) is 5.12. The summed E-state index contributed by atoms with van der Waals surface area (Å²) < 4.78 is 0. The van der Waals surface area contributed by atoms with Gasteiger partial charge < -0.3 is 5.73 Å². The lowest BCUT2D eigenvalue weighted by Gasteiger charge is -2.30. The molecule has 2 fully saturated rings. The molecular weight excluding hydrogens is 134 g/mol. The van der Waals surface area contributed by atoms with E-state index < -0.39 is 0 Å². The third-order valence-electron chi connectivity index (χ3n) is 3.50. The molecule has 0 aromatic heterocycles. The highest BCUT2D eigenvalue weighted by molar-refractivity contribution is 4.88. The summed E-state index contributed by atoms with van der Waals surface area (Å²) >= 11 is 0. The molecule has 0 amide bonds. The van der Waals surface area contributed by atoms with Gasteiger partial charge in [-0.05, 0) is 50.0 Å². The molecule has 0 radical (unpaired) electrons. The summed E-state index contributed by atoms with van der Waals surface area (Å²) in [4.78, 5) is 0. The van der Waals surface area contributed by atoms with Crippen molar-refractivity contribution in [3.63, 3.8) is 0 Å². The fraction of sp³-hybridized carbons (Fsp3) is 1.00. The summed E-state index contributed by atoms with van der Waals surface area (Å²) in [5, 5.41) is 0. The first-order valence-electron chi connectivity index (χ1n) is 5.12. The zero-order chi connectivity index (χ0) is 7.68. The van der Waals surface area contributed by atoms with E-state index in [2.05, 4.69) is 0 Å². The van der Waals surface area contributed by atoms with Crippen molar-refractivity contribution in [3.05, 3.63) is 0 Å². The van der Waals surface area contributed by atoms with Crippen LogP contribution >= 0.6 is 0 Å². The molecule has 2 N–H and O–H groups in total. The first-order chi connectivity index (χ1) is 5.42. The van der Waals surface area contributed by atoms with E-state index in [-0.39, 0.29) is 0 Å². The first kappa shape index (κ1) is 7.60. The van der Waals surface area contributed by atoms with Crippen LogP contribution in [0.3, 0.4) is 0 Å². The summed E-state index contributed by atoms with van der Waals surface area (Å²) in [5.41, 5.74) is 5.76. The van der Waals surface area contributed by atoms with Crippen molar-refractivity contribution in [1.82, 2.24) is 0 Å². The van der Waals surface area contributed by atoms with Crippen LogP contribution in [0, 0.1) is 17.8 Å². The van der Waals surface area contributed by atoms with Crippen LogP contribution in [0.4, 0.5) is 0 Å². The van der Waals surface area contributed by atoms with Crippen LogP contribution in [0.5, 0.6) is 0 Å². The van der Waals surface area contributed by atoms with E-state index in [1.54, 1.807) is 0 Å². The van der Waals surface area contributed by atoms with Crippen LogP contribution in [-0.4, -0.2) is 6.54 Å². The molecule has 0 saturated heterocycles. The van der Waals surface area contributed by atoms with Crippen LogP contribution in [-0.2, 0) is 0 Å². The topological polar surface area (TPSA) is 26.0 Å². The van der Waals surface area contributed by atoms with Crippen molar-refractivity contribution < 1.29 is 0 Å². The second kappa shape index (κ2) is 3.14. The molecule has 64 valence electrons. The maximum absolute atomic E-state index is 5.76. The van der Waals surface area contributed by atoms with Gasteiger partial charge in [-0.15, -0.1) is 0 Å². The number of hydrogen-bond donors (Lipinski definition) is 1. The van der Waals surface area contributed by atoms with Gasteiger partial charge in [0.2, 0.25) is 0 Å². The molecule has 0 aromatic rings. The van der Waals surface area contributed by atoms with Crippen LogP contribution in [0.25, 0.3) is 0 Å². The van der Waals surface area contributed by atoms with Gasteiger partial charge in [0.1, 0.15) is 0 Å². The van der Waals surface area contributed by atoms with Crippen LogP contribution < -0.4 is 5.73 Å². The molecule has 2 atom stereocenters. The quantitative estimate of drug-likeness (QED) is 0.646. The largest absolute Gasteiger partial charge is 0.330 e. The standard InChI is InChI=1S/C10H19N/c11-7-9-3-1-2-4-10(9)8-5-6-8/h8-10H,1-7,11H2/t9-,10+/m0/s1. The predicted octanol–water partition coefficient (Wildman–Crippen LogP) is 2.16. The van der Waals surface area contributed by atoms with Crippen LogP contribution in [0.15, 0.2) is 0 Å². The Bertz CT molecular complexity index is 129. The summed E-state index contributed by atoms with van der Waals surface area (Å²) in [6.07, 6.45) is 8.80. The molecule has 1 heteroatoms. The summed E-state index contributed by atoms with van der Waals surface area (Å²) in [6, 6.07) is 0. The van der Waals surface area contributed by atoms with Crippen molar-refractivity contribution >= 4 is 0 Å². The molecule has 1 nitrogen and oxygen atoms in total. The molecule has 0 spiro atoms. The van der Waals surface area contributed by atoms with Crippen molar-refractivity contribution in [2.45, 2.75) is 38.5 Å². The van der Waals surface area contributed by atoms with Gasteiger partial charge in [-0.3, -0.25) is 0 Å². The smallest absolute Gasteiger partial charge is 0.00461 e. The van der Waals surface area contributed by atoms with Gasteiger partial charge in [0, 0.05) is 0 Å². The summed E-state index contributed by atoms with van der Waals surface area (Å²) in [6.45, 7) is 0.946. The highest BCUT2D eigenvalue weighted by atomic mass is 14.6. The van der Waals surface area contributed by atoms with Gasteiger partial charge >= 0.3 is 0 Å². The van der Waals surface area contributed by atoms with E-state index in [1.165, 1.54) is 38.5 Å². The zero-order valence-electron chi connectivity index (χ0n) is 7.26. The average Bonchev–Trinajstić information content (AvgIpc) is 2.87. The SMILES string of the molecule is NC[C@@H]1CCCC[C@@H]1C1CC1. The minimum Gasteiger partial charge on any atom is -0.330 e. The van der Waals surface area contributed by atoms with Gasteiger partial charge in [-0.1, -0.05) is 12.8 Å². The molecule has 0 heterocycles. The predicted molar refractivity (Wildman–Crippen MR) is 47.2 cm³/mol. The molecule has 0 bridgehead atoms. The molecule has 0 aliphatic heterocycles. The lowest BCUT2D eigenvalue weighted by Crippen LogP contribution is -2.27. The highest BCUT2D eigenvalue weighted by Crippen LogP contribution is 2.46. The third kappa shape index (κ3) is 1.58. The molecule has 2 aliphatic carbocycles. The number of nitrogens with two attached hydrogens (primary N) is 1. The van der Waals surface area contributed by atoms with E-state index in [1.807, 2.05) is 0 Å². The minimum atomic E-state index is 0.885. The molecular formula is C10H19N. The average molecular weight is 153 g/mol. The number of rotatable bonds is 2. The normalized spacial score (nSPS) is 39.0. The van der Waals surface area contributed by atoms with Crippen molar-refractivity contribution in [1.29, 1.82) is 0 Å². The van der Waals surface area contributed by atoms with E-state index >= 15 is 0 Å². The zero-order valence-corrected chi connectivity index (χ0v) is 7.26. The van der Waals surface area contributed by atoms with Gasteiger partial charge in [0.15, 0.2) is 0 Å². The van der Waals surface area contributed by atoms with E-state index in [0.29, 0.717) is 0 Å². The lowest BCUT2D eigenvalue weighted by atomic mass is 9.76. The molecule has 0 unspecified atom stereocenters. The Morgan fingerprint density at radius 2 is 1.73 bits per heavy atom. The maximum Gasteiger partial charge on any atom is -0.00461 e. The van der Waals surface area contributed by atoms with Crippen molar-refractivity contribution in [2.24, 2.45) is 23.5 Å². The van der Waals surface area contributed by atoms with Crippen LogP contribution in [0.2, 0.25) is 0 Å². The Labute approximate surface area is 69.4 Å². The summed E-state index contributed by atoms with van der Waals surface area (Å²) in [7, 11) is 0. The second-order valence-corrected chi connectivity index (χ2v) is 4.28. The monoisotopic (exact) mass is 153 g/mol. The van der Waals surface area contributed by atoms with Gasteiger partial charge in [-0.2, -0.15) is 0 Å². The van der Waals surface area contributed by atoms with E-state index in [4.69, 9.17) is 5.73 Å². The van der Waals surface area contributed by atoms with Gasteiger partial charge in [0.05, 0.1) is 0 Å². The molecule has 0 aromatic carbocycles. The van der Waals surface area contributed by atoms with Crippen molar-refractivity contribution in [3.8, 4) is 0 Å². The molecule has 2 saturated carbocycles. The highest BCUT2D eigenvalue weighted by Gasteiger charge is 2.36. The van der Waals surface area contributed by atoms with Crippen LogP contribution in [0.1, 0.15) is 38.5 Å². The molecule has 2 aliphatic rings. The van der Waals surface area contributed by atoms with E-state index in [9.17, 15) is 0 Å². The fourth-order valence-electron chi connectivity index (χ4n) is 2.67. The third-order valence-corrected chi connectivity index (χ3v) is 3.50. The second-order valence-electron chi connectivity index (χ2n) is 4.28. The maximum atomic E-state index is 5.76. The Morgan fingerprint density at radius 1 is 1.00 bits per heavy atom. The van der Waals surface area contributed by atoms with Gasteiger partial charge in [0.25, 0.3) is 0 Å². The summed E-state index contributed by atoms with van der Waals surface area (Å²) in [5.74, 6) is 2.99. The van der Waals surface area contributed by atoms with Crippen molar-refractivity contribution in [2.75, 3.05) is 6.54 Å². The Hall–Kier alpha value is -0.0400. The molecule has 11 heavy (non-hydrogen) atoms. The van der Waals surface area contributed by atoms with Gasteiger partial charge in [-0.25, -0.2) is 0 Å². The Morgan fingerprint density at radius 3 is 2.36 bits per heavy atom. The van der Waals surface area contributed by atoms with E-state index in [0.717, 1.165) is 24.3 Å². The number of hydrogen-bond acceptors (Lipinski definition) is 1. The fourth-order valence-corrected chi connectivity index (χ4v) is 2.67.